The Hall–Kier alpha value is -0.310. The Labute approximate surface area is 95.6 Å². The molecule has 0 aromatic rings. The number of aliphatic hydroxyl groups is 1. The molecular formula is C5H13NO9P2. The van der Waals surface area contributed by atoms with Crippen LogP contribution in [0.15, 0.2) is 0 Å². The lowest BCUT2D eigenvalue weighted by Gasteiger charge is -2.20. The summed E-state index contributed by atoms with van der Waals surface area (Å²) in [6.45, 7) is -1.41. The maximum absolute atomic E-state index is 10.8. The summed E-state index contributed by atoms with van der Waals surface area (Å²) in [6, 6.07) is 0. The van der Waals surface area contributed by atoms with Crippen molar-refractivity contribution in [3.8, 4) is 0 Å². The fraction of sp³-hybridized carbons (Fsp3) is 0.800. The van der Waals surface area contributed by atoms with Crippen LogP contribution in [0.1, 0.15) is 0 Å². The number of carboxylic acid groups (broad SMARTS) is 1. The van der Waals surface area contributed by atoms with Gasteiger partial charge in [-0.15, -0.1) is 0 Å². The molecular weight excluding hydrogens is 280 g/mol. The van der Waals surface area contributed by atoms with Crippen molar-refractivity contribution < 1.29 is 43.7 Å². The van der Waals surface area contributed by atoms with E-state index in [-0.39, 0.29) is 0 Å². The third-order valence-corrected chi connectivity index (χ3v) is 5.45. The Bertz CT molecular complexity index is 336. The number of hydrogen-bond acceptors (Lipinski definition) is 5. The summed E-state index contributed by atoms with van der Waals surface area (Å²) in [5.74, 6) is -1.57. The smallest absolute Gasteiger partial charge is 0.342 e. The zero-order valence-electron chi connectivity index (χ0n) is 8.37. The van der Waals surface area contributed by atoms with E-state index in [2.05, 4.69) is 5.32 Å². The number of hydrogen-bond donors (Lipinski definition) is 7. The second-order valence-corrected chi connectivity index (χ2v) is 7.18. The molecule has 0 radical (unpaired) electrons. The normalized spacial score (nSPS) is 14.9. The molecule has 0 amide bonds. The van der Waals surface area contributed by atoms with Crippen LogP contribution in [0.25, 0.3) is 0 Å². The Morgan fingerprint density at radius 1 is 1.06 bits per heavy atom. The minimum absolute atomic E-state index is 0.591. The molecule has 0 heterocycles. The highest BCUT2D eigenvalue weighted by atomic mass is 31.2. The van der Waals surface area contributed by atoms with E-state index in [1.54, 1.807) is 0 Å². The minimum Gasteiger partial charge on any atom is -0.479 e. The van der Waals surface area contributed by atoms with E-state index >= 15 is 0 Å². The molecule has 0 saturated heterocycles. The predicted molar refractivity (Wildman–Crippen MR) is 54.4 cm³/mol. The zero-order chi connectivity index (χ0) is 13.9. The summed E-state index contributed by atoms with van der Waals surface area (Å²) in [5, 5.41) is 16.9. The SMILES string of the molecule is O=C(O)C(O)CNCC(P(=O)(O)O)P(=O)(O)O. The van der Waals surface area contributed by atoms with Crippen molar-refractivity contribution in [3.05, 3.63) is 0 Å². The van der Waals surface area contributed by atoms with E-state index in [4.69, 9.17) is 29.8 Å². The Balaban J connectivity index is 4.46. The van der Waals surface area contributed by atoms with Crippen LogP contribution in [0, 0.1) is 0 Å². The lowest BCUT2D eigenvalue weighted by Crippen LogP contribution is -2.36. The summed E-state index contributed by atoms with van der Waals surface area (Å²) in [5.41, 5.74) is 0. The molecule has 10 nitrogen and oxygen atoms in total. The molecule has 0 bridgehead atoms. The van der Waals surface area contributed by atoms with Crippen LogP contribution >= 0.6 is 15.2 Å². The van der Waals surface area contributed by atoms with Gasteiger partial charge in [0.25, 0.3) is 0 Å². The van der Waals surface area contributed by atoms with Gasteiger partial charge in [-0.2, -0.15) is 0 Å². The molecule has 0 aliphatic rings. The topological polar surface area (TPSA) is 185 Å². The zero-order valence-corrected chi connectivity index (χ0v) is 10.2. The third-order valence-electron chi connectivity index (χ3n) is 1.73. The summed E-state index contributed by atoms with van der Waals surface area (Å²) >= 11 is 0. The van der Waals surface area contributed by atoms with Crippen molar-refractivity contribution in [2.75, 3.05) is 13.1 Å². The molecule has 12 heteroatoms. The number of carbonyl (C=O) groups is 1. The lowest BCUT2D eigenvalue weighted by molar-refractivity contribution is -0.146. The van der Waals surface area contributed by atoms with Gasteiger partial charge in [0, 0.05) is 13.1 Å². The predicted octanol–water partition coefficient (Wildman–Crippen LogP) is -2.30. The summed E-state index contributed by atoms with van der Waals surface area (Å²) in [6.07, 6.45) is -1.83. The molecule has 17 heavy (non-hydrogen) atoms. The van der Waals surface area contributed by atoms with Gasteiger partial charge in [0.15, 0.2) is 11.5 Å². The van der Waals surface area contributed by atoms with Gasteiger partial charge < -0.3 is 35.1 Å². The standard InChI is InChI=1S/C5H13NO9P2/c7-3(5(8)9)1-6-2-4(16(10,11)12)17(13,14)15/h3-4,6-7H,1-2H2,(H,8,9)(H2,10,11,12)(H2,13,14,15). The second-order valence-electron chi connectivity index (χ2n) is 3.17. The van der Waals surface area contributed by atoms with E-state index in [1.165, 1.54) is 0 Å². The van der Waals surface area contributed by atoms with Gasteiger partial charge in [-0.05, 0) is 0 Å². The quantitative estimate of drug-likeness (QED) is 0.252. The van der Waals surface area contributed by atoms with Crippen LogP contribution in [0.2, 0.25) is 0 Å². The van der Waals surface area contributed by atoms with E-state index in [0.29, 0.717) is 0 Å². The molecule has 0 rings (SSSR count). The first kappa shape index (κ1) is 16.7. The molecule has 0 spiro atoms. The van der Waals surface area contributed by atoms with Gasteiger partial charge in [0.2, 0.25) is 0 Å². The monoisotopic (exact) mass is 293 g/mol. The first-order valence-corrected chi connectivity index (χ1v) is 7.54. The van der Waals surface area contributed by atoms with E-state index in [1.807, 2.05) is 0 Å². The van der Waals surface area contributed by atoms with Crippen LogP contribution in [-0.4, -0.2) is 60.3 Å². The van der Waals surface area contributed by atoms with Gasteiger partial charge in [-0.3, -0.25) is 9.13 Å². The van der Waals surface area contributed by atoms with Crippen molar-refractivity contribution in [1.82, 2.24) is 5.32 Å². The molecule has 0 aliphatic carbocycles. The van der Waals surface area contributed by atoms with Crippen molar-refractivity contribution in [3.63, 3.8) is 0 Å². The summed E-state index contributed by atoms with van der Waals surface area (Å²) < 4.78 is 21.5. The number of aliphatic carboxylic acids is 1. The molecule has 0 saturated carbocycles. The van der Waals surface area contributed by atoms with E-state index in [9.17, 15) is 13.9 Å². The average molecular weight is 293 g/mol. The van der Waals surface area contributed by atoms with Gasteiger partial charge >= 0.3 is 21.2 Å². The number of rotatable bonds is 7. The Morgan fingerprint density at radius 2 is 1.47 bits per heavy atom. The molecule has 1 atom stereocenters. The van der Waals surface area contributed by atoms with Crippen molar-refractivity contribution in [2.45, 2.75) is 11.5 Å². The van der Waals surface area contributed by atoms with E-state index in [0.717, 1.165) is 0 Å². The fourth-order valence-electron chi connectivity index (χ4n) is 0.870. The van der Waals surface area contributed by atoms with Crippen molar-refractivity contribution >= 4 is 21.2 Å². The van der Waals surface area contributed by atoms with Crippen LogP contribution in [-0.2, 0) is 13.9 Å². The molecule has 7 N–H and O–H groups in total. The molecule has 0 aromatic heterocycles. The minimum atomic E-state index is -5.04. The highest BCUT2D eigenvalue weighted by Crippen LogP contribution is 2.59. The van der Waals surface area contributed by atoms with Crippen LogP contribution in [0.5, 0.6) is 0 Å². The largest absolute Gasteiger partial charge is 0.479 e. The van der Waals surface area contributed by atoms with E-state index < -0.39 is 45.8 Å². The lowest BCUT2D eigenvalue weighted by atomic mass is 10.3. The number of carboxylic acids is 1. The first-order chi connectivity index (χ1) is 7.46. The summed E-state index contributed by atoms with van der Waals surface area (Å²) in [7, 11) is -10.1. The Kier molecular flexibility index (Phi) is 5.92. The van der Waals surface area contributed by atoms with Crippen LogP contribution in [0.3, 0.4) is 0 Å². The molecule has 1 unspecified atom stereocenters. The van der Waals surface area contributed by atoms with Crippen molar-refractivity contribution in [2.24, 2.45) is 0 Å². The highest BCUT2D eigenvalue weighted by Gasteiger charge is 2.42. The molecule has 0 fully saturated rings. The van der Waals surface area contributed by atoms with Crippen molar-refractivity contribution in [1.29, 1.82) is 0 Å². The van der Waals surface area contributed by atoms with Crippen LogP contribution < -0.4 is 5.32 Å². The maximum Gasteiger partial charge on any atom is 0.342 e. The third kappa shape index (κ3) is 6.25. The average Bonchev–Trinajstić information content (AvgIpc) is 2.07. The van der Waals surface area contributed by atoms with Gasteiger partial charge in [0.1, 0.15) is 0 Å². The molecule has 102 valence electrons. The maximum atomic E-state index is 10.8. The van der Waals surface area contributed by atoms with Gasteiger partial charge in [-0.1, -0.05) is 0 Å². The van der Waals surface area contributed by atoms with Gasteiger partial charge in [0.05, 0.1) is 0 Å². The second kappa shape index (κ2) is 6.03. The molecule has 0 aliphatic heterocycles. The van der Waals surface area contributed by atoms with Gasteiger partial charge in [-0.25, -0.2) is 4.79 Å². The van der Waals surface area contributed by atoms with Crippen LogP contribution in [0.4, 0.5) is 0 Å². The Morgan fingerprint density at radius 3 is 1.76 bits per heavy atom. The highest BCUT2D eigenvalue weighted by molar-refractivity contribution is 7.70. The number of aliphatic hydroxyl groups excluding tert-OH is 1. The summed E-state index contributed by atoms with van der Waals surface area (Å²) in [4.78, 5) is 44.9. The fourth-order valence-corrected chi connectivity index (χ4v) is 3.17. The molecule has 0 aromatic carbocycles. The first-order valence-electron chi connectivity index (χ1n) is 4.18. The number of nitrogens with one attached hydrogen (secondary N) is 1.